The molecule has 4 rings (SSSR count). The Kier molecular flexibility index (Phi) is 3.75. The standard InChI is InChI=1S/C20H16N2OS/c1-13-21-18-12-17(8-9-19(18)24-13)22-20(23)11-14-6-7-15-4-2-3-5-16(15)10-14/h2-10,12H,11H2,1H3,(H,22,23). The summed E-state index contributed by atoms with van der Waals surface area (Å²) in [5.41, 5.74) is 2.73. The maximum Gasteiger partial charge on any atom is 0.228 e. The second-order valence-electron chi connectivity index (χ2n) is 5.82. The molecular weight excluding hydrogens is 316 g/mol. The van der Waals surface area contributed by atoms with Crippen LogP contribution in [0.3, 0.4) is 0 Å². The summed E-state index contributed by atoms with van der Waals surface area (Å²) in [6, 6.07) is 20.2. The number of carbonyl (C=O) groups excluding carboxylic acids is 1. The van der Waals surface area contributed by atoms with Crippen molar-refractivity contribution in [2.45, 2.75) is 13.3 Å². The third kappa shape index (κ3) is 3.01. The fourth-order valence-electron chi connectivity index (χ4n) is 2.86. The quantitative estimate of drug-likeness (QED) is 0.577. The molecule has 3 nitrogen and oxygen atoms in total. The molecule has 3 aromatic carbocycles. The molecule has 0 fully saturated rings. The van der Waals surface area contributed by atoms with Gasteiger partial charge in [0.2, 0.25) is 5.91 Å². The lowest BCUT2D eigenvalue weighted by molar-refractivity contribution is -0.115. The van der Waals surface area contributed by atoms with E-state index in [1.807, 2.05) is 43.3 Å². The Morgan fingerprint density at radius 1 is 1.04 bits per heavy atom. The van der Waals surface area contributed by atoms with Gasteiger partial charge in [0.1, 0.15) is 0 Å². The van der Waals surface area contributed by atoms with Crippen molar-refractivity contribution >= 4 is 43.9 Å². The largest absolute Gasteiger partial charge is 0.326 e. The molecule has 24 heavy (non-hydrogen) atoms. The number of hydrogen-bond donors (Lipinski definition) is 1. The SMILES string of the molecule is Cc1nc2cc(NC(=O)Cc3ccc4ccccc4c3)ccc2s1. The zero-order chi connectivity index (χ0) is 16.5. The minimum Gasteiger partial charge on any atom is -0.326 e. The molecule has 0 bridgehead atoms. The summed E-state index contributed by atoms with van der Waals surface area (Å²) in [6.07, 6.45) is 0.360. The van der Waals surface area contributed by atoms with Crippen LogP contribution in [0.1, 0.15) is 10.6 Å². The molecule has 4 aromatic rings. The van der Waals surface area contributed by atoms with E-state index in [-0.39, 0.29) is 5.91 Å². The highest BCUT2D eigenvalue weighted by molar-refractivity contribution is 7.18. The summed E-state index contributed by atoms with van der Waals surface area (Å²) >= 11 is 1.66. The van der Waals surface area contributed by atoms with Crippen LogP contribution in [0, 0.1) is 6.92 Å². The van der Waals surface area contributed by atoms with E-state index >= 15 is 0 Å². The average molecular weight is 332 g/mol. The number of nitrogens with zero attached hydrogens (tertiary/aromatic N) is 1. The Morgan fingerprint density at radius 3 is 2.75 bits per heavy atom. The molecule has 0 atom stereocenters. The molecule has 0 aliphatic rings. The van der Waals surface area contributed by atoms with Crippen LogP contribution >= 0.6 is 11.3 Å². The average Bonchev–Trinajstić information content (AvgIpc) is 2.94. The van der Waals surface area contributed by atoms with Crippen LogP contribution in [0.5, 0.6) is 0 Å². The lowest BCUT2D eigenvalue weighted by atomic mass is 10.0. The van der Waals surface area contributed by atoms with Crippen LogP contribution in [-0.4, -0.2) is 10.9 Å². The Labute approximate surface area is 144 Å². The zero-order valence-corrected chi connectivity index (χ0v) is 14.1. The Morgan fingerprint density at radius 2 is 1.88 bits per heavy atom. The maximum atomic E-state index is 12.3. The van der Waals surface area contributed by atoms with Gasteiger partial charge in [0, 0.05) is 5.69 Å². The van der Waals surface area contributed by atoms with Gasteiger partial charge in [-0.1, -0.05) is 42.5 Å². The number of amides is 1. The lowest BCUT2D eigenvalue weighted by Crippen LogP contribution is -2.14. The number of aromatic nitrogens is 1. The second-order valence-corrected chi connectivity index (χ2v) is 7.06. The number of thiazole rings is 1. The molecule has 0 spiro atoms. The first kappa shape index (κ1) is 14.8. The first-order chi connectivity index (χ1) is 11.7. The summed E-state index contributed by atoms with van der Waals surface area (Å²) in [6.45, 7) is 1.99. The normalized spacial score (nSPS) is 11.0. The Hall–Kier alpha value is -2.72. The number of aryl methyl sites for hydroxylation is 1. The van der Waals surface area contributed by atoms with Gasteiger partial charge in [0.15, 0.2) is 0 Å². The van der Waals surface area contributed by atoms with Crippen LogP contribution in [0.25, 0.3) is 21.0 Å². The van der Waals surface area contributed by atoms with Gasteiger partial charge in [-0.2, -0.15) is 0 Å². The van der Waals surface area contributed by atoms with Gasteiger partial charge in [0.25, 0.3) is 0 Å². The third-order valence-corrected chi connectivity index (χ3v) is 4.91. The van der Waals surface area contributed by atoms with E-state index in [2.05, 4.69) is 34.6 Å². The Balaban J connectivity index is 1.51. The molecule has 1 N–H and O–H groups in total. The second kappa shape index (κ2) is 6.06. The summed E-state index contributed by atoms with van der Waals surface area (Å²) in [5, 5.41) is 6.34. The van der Waals surface area contributed by atoms with E-state index in [1.165, 1.54) is 5.39 Å². The van der Waals surface area contributed by atoms with Crippen molar-refractivity contribution in [2.75, 3.05) is 5.32 Å². The molecule has 0 aliphatic heterocycles. The van der Waals surface area contributed by atoms with Crippen LogP contribution in [0.4, 0.5) is 5.69 Å². The van der Waals surface area contributed by atoms with Gasteiger partial charge >= 0.3 is 0 Å². The molecule has 0 aliphatic carbocycles. The van der Waals surface area contributed by atoms with Gasteiger partial charge in [-0.15, -0.1) is 11.3 Å². The molecule has 1 aromatic heterocycles. The molecule has 0 saturated carbocycles. The highest BCUT2D eigenvalue weighted by Crippen LogP contribution is 2.24. The van der Waals surface area contributed by atoms with E-state index in [0.717, 1.165) is 31.9 Å². The number of fused-ring (bicyclic) bond motifs is 2. The van der Waals surface area contributed by atoms with Crippen molar-refractivity contribution in [1.82, 2.24) is 4.98 Å². The van der Waals surface area contributed by atoms with E-state index in [4.69, 9.17) is 0 Å². The molecule has 1 amide bonds. The molecule has 0 unspecified atom stereocenters. The molecule has 0 radical (unpaired) electrons. The van der Waals surface area contributed by atoms with Crippen LogP contribution in [-0.2, 0) is 11.2 Å². The number of anilines is 1. The van der Waals surface area contributed by atoms with Gasteiger partial charge in [-0.05, 0) is 41.5 Å². The molecule has 4 heteroatoms. The fourth-order valence-corrected chi connectivity index (χ4v) is 3.67. The number of carbonyl (C=O) groups is 1. The highest BCUT2D eigenvalue weighted by Gasteiger charge is 2.07. The minimum atomic E-state index is -0.0171. The minimum absolute atomic E-state index is 0.0171. The topological polar surface area (TPSA) is 42.0 Å². The van der Waals surface area contributed by atoms with Crippen molar-refractivity contribution in [2.24, 2.45) is 0 Å². The highest BCUT2D eigenvalue weighted by atomic mass is 32.1. The first-order valence-electron chi connectivity index (χ1n) is 7.82. The summed E-state index contributed by atoms with van der Waals surface area (Å²) in [5.74, 6) is -0.0171. The predicted molar refractivity (Wildman–Crippen MR) is 101 cm³/mol. The monoisotopic (exact) mass is 332 g/mol. The molecule has 118 valence electrons. The van der Waals surface area contributed by atoms with Crippen molar-refractivity contribution in [3.8, 4) is 0 Å². The van der Waals surface area contributed by atoms with E-state index in [1.54, 1.807) is 11.3 Å². The first-order valence-corrected chi connectivity index (χ1v) is 8.64. The fraction of sp³-hybridized carbons (Fsp3) is 0.100. The molecular formula is C20H16N2OS. The van der Waals surface area contributed by atoms with Gasteiger partial charge in [-0.25, -0.2) is 4.98 Å². The van der Waals surface area contributed by atoms with Crippen LogP contribution < -0.4 is 5.32 Å². The number of hydrogen-bond acceptors (Lipinski definition) is 3. The molecule has 1 heterocycles. The summed E-state index contributed by atoms with van der Waals surface area (Å²) in [7, 11) is 0. The van der Waals surface area contributed by atoms with Crippen molar-refractivity contribution in [3.05, 3.63) is 71.2 Å². The summed E-state index contributed by atoms with van der Waals surface area (Å²) < 4.78 is 1.14. The van der Waals surface area contributed by atoms with Crippen LogP contribution in [0.2, 0.25) is 0 Å². The van der Waals surface area contributed by atoms with Crippen LogP contribution in [0.15, 0.2) is 60.7 Å². The van der Waals surface area contributed by atoms with Gasteiger partial charge in [0.05, 0.1) is 21.6 Å². The van der Waals surface area contributed by atoms with Crippen molar-refractivity contribution < 1.29 is 4.79 Å². The third-order valence-electron chi connectivity index (χ3n) is 3.96. The maximum absolute atomic E-state index is 12.3. The van der Waals surface area contributed by atoms with E-state index in [9.17, 15) is 4.79 Å². The smallest absolute Gasteiger partial charge is 0.228 e. The van der Waals surface area contributed by atoms with Crippen molar-refractivity contribution in [3.63, 3.8) is 0 Å². The van der Waals surface area contributed by atoms with Crippen molar-refractivity contribution in [1.29, 1.82) is 0 Å². The number of rotatable bonds is 3. The predicted octanol–water partition coefficient (Wildman–Crippen LogP) is 4.94. The number of nitrogens with one attached hydrogen (secondary N) is 1. The van der Waals surface area contributed by atoms with Gasteiger partial charge in [-0.3, -0.25) is 4.79 Å². The number of benzene rings is 3. The van der Waals surface area contributed by atoms with Gasteiger partial charge < -0.3 is 5.32 Å². The van der Waals surface area contributed by atoms with E-state index < -0.39 is 0 Å². The zero-order valence-electron chi connectivity index (χ0n) is 13.2. The van der Waals surface area contributed by atoms with E-state index in [0.29, 0.717) is 6.42 Å². The summed E-state index contributed by atoms with van der Waals surface area (Å²) in [4.78, 5) is 16.8. The lowest BCUT2D eigenvalue weighted by Gasteiger charge is -2.06. The Bertz CT molecular complexity index is 1050. The molecule has 0 saturated heterocycles.